The predicted molar refractivity (Wildman–Crippen MR) is 75.9 cm³/mol. The number of hydrogen-bond donors (Lipinski definition) is 2. The highest BCUT2D eigenvalue weighted by Crippen LogP contribution is 2.30. The molecule has 2 rings (SSSR count). The van der Waals surface area contributed by atoms with E-state index in [1.54, 1.807) is 13.3 Å². The van der Waals surface area contributed by atoms with Gasteiger partial charge >= 0.3 is 0 Å². The van der Waals surface area contributed by atoms with Crippen molar-refractivity contribution < 1.29 is 4.74 Å². The van der Waals surface area contributed by atoms with E-state index in [1.807, 2.05) is 18.2 Å². The van der Waals surface area contributed by atoms with Gasteiger partial charge in [0.1, 0.15) is 0 Å². The molecule has 4 nitrogen and oxygen atoms in total. The van der Waals surface area contributed by atoms with Crippen LogP contribution in [0.1, 0.15) is 28.3 Å². The van der Waals surface area contributed by atoms with Crippen molar-refractivity contribution >= 4 is 0 Å². The maximum Gasteiger partial charge on any atom is 0.218 e. The number of hydrogen-bond acceptors (Lipinski definition) is 4. The van der Waals surface area contributed by atoms with Gasteiger partial charge in [0, 0.05) is 11.8 Å². The Morgan fingerprint density at radius 3 is 2.58 bits per heavy atom. The lowest BCUT2D eigenvalue weighted by Gasteiger charge is -2.21. The van der Waals surface area contributed by atoms with Gasteiger partial charge in [-0.25, -0.2) is 10.4 Å². The van der Waals surface area contributed by atoms with Gasteiger partial charge in [0.15, 0.2) is 0 Å². The van der Waals surface area contributed by atoms with Crippen molar-refractivity contribution in [2.75, 3.05) is 7.11 Å². The van der Waals surface area contributed by atoms with Crippen molar-refractivity contribution in [3.63, 3.8) is 0 Å². The maximum atomic E-state index is 5.75. The van der Waals surface area contributed by atoms with Crippen LogP contribution in [0, 0.1) is 13.8 Å². The topological polar surface area (TPSA) is 60.2 Å². The van der Waals surface area contributed by atoms with Crippen molar-refractivity contribution in [3.8, 4) is 5.88 Å². The number of aromatic nitrogens is 1. The van der Waals surface area contributed by atoms with Crippen LogP contribution in [0.15, 0.2) is 36.5 Å². The molecule has 0 saturated carbocycles. The van der Waals surface area contributed by atoms with E-state index in [0.29, 0.717) is 5.88 Å². The molecule has 1 aromatic carbocycles. The van der Waals surface area contributed by atoms with Crippen LogP contribution >= 0.6 is 0 Å². The van der Waals surface area contributed by atoms with Gasteiger partial charge in [-0.05, 0) is 36.6 Å². The summed E-state index contributed by atoms with van der Waals surface area (Å²) in [5.41, 5.74) is 7.38. The van der Waals surface area contributed by atoms with Gasteiger partial charge in [0.2, 0.25) is 5.88 Å². The molecule has 2 aromatic rings. The Bertz CT molecular complexity index is 569. The number of benzene rings is 1. The molecule has 4 heteroatoms. The third-order valence-corrected chi connectivity index (χ3v) is 3.43. The normalized spacial score (nSPS) is 12.2. The number of pyridine rings is 1. The SMILES string of the molecule is COc1ncccc1C(NN)c1cccc(C)c1C. The first kappa shape index (κ1) is 13.5. The number of nitrogens with one attached hydrogen (secondary N) is 1. The fourth-order valence-corrected chi connectivity index (χ4v) is 2.23. The largest absolute Gasteiger partial charge is 0.481 e. The fourth-order valence-electron chi connectivity index (χ4n) is 2.23. The molecule has 19 heavy (non-hydrogen) atoms. The molecule has 0 amide bonds. The molecule has 0 saturated heterocycles. The van der Waals surface area contributed by atoms with Crippen molar-refractivity contribution in [1.29, 1.82) is 0 Å². The van der Waals surface area contributed by atoms with Crippen molar-refractivity contribution in [3.05, 3.63) is 58.8 Å². The number of hydrazine groups is 1. The smallest absolute Gasteiger partial charge is 0.218 e. The number of aryl methyl sites for hydroxylation is 1. The average molecular weight is 257 g/mol. The number of nitrogens with two attached hydrogens (primary N) is 1. The van der Waals surface area contributed by atoms with E-state index in [1.165, 1.54) is 11.1 Å². The number of methoxy groups -OCH3 is 1. The molecule has 1 unspecified atom stereocenters. The van der Waals surface area contributed by atoms with Crippen molar-refractivity contribution in [2.24, 2.45) is 5.84 Å². The highest BCUT2D eigenvalue weighted by molar-refractivity contribution is 5.43. The highest BCUT2D eigenvalue weighted by Gasteiger charge is 2.19. The standard InChI is InChI=1S/C15H19N3O/c1-10-6-4-7-12(11(10)2)14(18-16)13-8-5-9-17-15(13)19-3/h4-9,14,18H,16H2,1-3H3. The summed E-state index contributed by atoms with van der Waals surface area (Å²) in [6.45, 7) is 4.19. The number of nitrogens with zero attached hydrogens (tertiary/aromatic N) is 1. The van der Waals surface area contributed by atoms with Crippen molar-refractivity contribution in [1.82, 2.24) is 10.4 Å². The van der Waals surface area contributed by atoms with Gasteiger partial charge in [-0.15, -0.1) is 0 Å². The summed E-state index contributed by atoms with van der Waals surface area (Å²) in [6.07, 6.45) is 1.71. The lowest BCUT2D eigenvalue weighted by Crippen LogP contribution is -2.30. The molecule has 0 radical (unpaired) electrons. The molecule has 1 aromatic heterocycles. The summed E-state index contributed by atoms with van der Waals surface area (Å²) >= 11 is 0. The second-order valence-electron chi connectivity index (χ2n) is 4.49. The molecule has 0 bridgehead atoms. The summed E-state index contributed by atoms with van der Waals surface area (Å²) in [4.78, 5) is 4.23. The molecule has 1 atom stereocenters. The van der Waals surface area contributed by atoms with E-state index in [0.717, 1.165) is 11.1 Å². The minimum atomic E-state index is -0.136. The van der Waals surface area contributed by atoms with Gasteiger partial charge < -0.3 is 4.74 Å². The van der Waals surface area contributed by atoms with Gasteiger partial charge in [0.05, 0.1) is 13.2 Å². The van der Waals surface area contributed by atoms with Crippen LogP contribution in [-0.4, -0.2) is 12.1 Å². The molecular weight excluding hydrogens is 238 g/mol. The lowest BCUT2D eigenvalue weighted by atomic mass is 9.93. The Morgan fingerprint density at radius 1 is 1.16 bits per heavy atom. The van der Waals surface area contributed by atoms with Crippen LogP contribution in [0.3, 0.4) is 0 Å². The first-order valence-corrected chi connectivity index (χ1v) is 6.20. The minimum absolute atomic E-state index is 0.136. The van der Waals surface area contributed by atoms with Crippen LogP contribution in [0.2, 0.25) is 0 Å². The monoisotopic (exact) mass is 257 g/mol. The number of rotatable bonds is 4. The predicted octanol–water partition coefficient (Wildman–Crippen LogP) is 2.26. The molecule has 0 fully saturated rings. The van der Waals surface area contributed by atoms with E-state index in [-0.39, 0.29) is 6.04 Å². The quantitative estimate of drug-likeness (QED) is 0.651. The van der Waals surface area contributed by atoms with Crippen molar-refractivity contribution in [2.45, 2.75) is 19.9 Å². The second-order valence-corrected chi connectivity index (χ2v) is 4.49. The van der Waals surface area contributed by atoms with Crippen LogP contribution in [0.4, 0.5) is 0 Å². The molecule has 100 valence electrons. The molecule has 0 aliphatic rings. The zero-order chi connectivity index (χ0) is 13.8. The third kappa shape index (κ3) is 2.59. The molecule has 3 N–H and O–H groups in total. The summed E-state index contributed by atoms with van der Waals surface area (Å²) in [5.74, 6) is 6.34. The second kappa shape index (κ2) is 5.82. The Hall–Kier alpha value is -1.91. The van der Waals surface area contributed by atoms with Crippen LogP contribution in [-0.2, 0) is 0 Å². The van der Waals surface area contributed by atoms with E-state index in [4.69, 9.17) is 10.6 Å². The molecular formula is C15H19N3O. The fraction of sp³-hybridized carbons (Fsp3) is 0.267. The Morgan fingerprint density at radius 2 is 1.89 bits per heavy atom. The first-order valence-electron chi connectivity index (χ1n) is 6.20. The lowest BCUT2D eigenvalue weighted by molar-refractivity contribution is 0.387. The summed E-state index contributed by atoms with van der Waals surface area (Å²) in [6, 6.07) is 9.91. The third-order valence-electron chi connectivity index (χ3n) is 3.43. The first-order chi connectivity index (χ1) is 9.19. The van der Waals surface area contributed by atoms with Crippen LogP contribution < -0.4 is 16.0 Å². The summed E-state index contributed by atoms with van der Waals surface area (Å²) in [7, 11) is 1.61. The maximum absolute atomic E-state index is 5.75. The van der Waals surface area contributed by atoms with Gasteiger partial charge in [-0.3, -0.25) is 5.84 Å². The zero-order valence-electron chi connectivity index (χ0n) is 11.5. The molecule has 0 spiro atoms. The number of ether oxygens (including phenoxy) is 1. The zero-order valence-corrected chi connectivity index (χ0v) is 11.5. The Kier molecular flexibility index (Phi) is 4.14. The van der Waals surface area contributed by atoms with E-state index < -0.39 is 0 Å². The molecule has 0 aliphatic heterocycles. The summed E-state index contributed by atoms with van der Waals surface area (Å²) < 4.78 is 5.31. The summed E-state index contributed by atoms with van der Waals surface area (Å²) in [5, 5.41) is 0. The highest BCUT2D eigenvalue weighted by atomic mass is 16.5. The minimum Gasteiger partial charge on any atom is -0.481 e. The van der Waals surface area contributed by atoms with Crippen LogP contribution in [0.5, 0.6) is 5.88 Å². The Balaban J connectivity index is 2.53. The van der Waals surface area contributed by atoms with E-state index in [2.05, 4.69) is 36.4 Å². The van der Waals surface area contributed by atoms with Gasteiger partial charge in [-0.1, -0.05) is 24.3 Å². The van der Waals surface area contributed by atoms with E-state index >= 15 is 0 Å². The van der Waals surface area contributed by atoms with Gasteiger partial charge in [0.25, 0.3) is 0 Å². The molecule has 1 heterocycles. The van der Waals surface area contributed by atoms with E-state index in [9.17, 15) is 0 Å². The Labute approximate surface area is 113 Å². The average Bonchev–Trinajstić information content (AvgIpc) is 2.45. The van der Waals surface area contributed by atoms with Crippen LogP contribution in [0.25, 0.3) is 0 Å². The molecule has 0 aliphatic carbocycles. The van der Waals surface area contributed by atoms with Gasteiger partial charge in [-0.2, -0.15) is 0 Å².